The number of carbonyl (C=O) groups is 2. The van der Waals surface area contributed by atoms with Gasteiger partial charge in [-0.3, -0.25) is 4.79 Å². The number of halogens is 1. The van der Waals surface area contributed by atoms with Crippen molar-refractivity contribution in [3.8, 4) is 11.5 Å². The van der Waals surface area contributed by atoms with Crippen LogP contribution in [0.5, 0.6) is 11.5 Å². The maximum atomic E-state index is 12.4. The van der Waals surface area contributed by atoms with Crippen LogP contribution in [0.1, 0.15) is 16.8 Å². The number of ether oxygens (including phenoxy) is 2. The first-order valence-corrected chi connectivity index (χ1v) is 7.45. The Morgan fingerprint density at radius 2 is 1.95 bits per heavy atom. The molecule has 1 aliphatic rings. The summed E-state index contributed by atoms with van der Waals surface area (Å²) in [4.78, 5) is 24.5. The highest BCUT2D eigenvalue weighted by atomic mass is 79.9. The normalized spacial score (nSPS) is 17.2. The van der Waals surface area contributed by atoms with Crippen LogP contribution >= 0.6 is 15.9 Å². The molecule has 8 heteroatoms. The van der Waals surface area contributed by atoms with Crippen LogP contribution < -0.4 is 14.8 Å². The van der Waals surface area contributed by atoms with E-state index in [1.54, 1.807) is 12.1 Å². The first-order chi connectivity index (χ1) is 10.5. The summed E-state index contributed by atoms with van der Waals surface area (Å²) in [5, 5.41) is 11.8. The molecule has 22 heavy (non-hydrogen) atoms. The highest BCUT2D eigenvalue weighted by molar-refractivity contribution is 9.10. The number of nitrogens with one attached hydrogen (secondary N) is 1. The Morgan fingerprint density at radius 1 is 1.32 bits per heavy atom. The van der Waals surface area contributed by atoms with Crippen molar-refractivity contribution in [1.82, 2.24) is 10.2 Å². The van der Waals surface area contributed by atoms with Crippen LogP contribution in [0.25, 0.3) is 0 Å². The minimum Gasteiger partial charge on any atom is -0.493 e. The largest absolute Gasteiger partial charge is 0.493 e. The fourth-order valence-corrected chi connectivity index (χ4v) is 2.85. The summed E-state index contributed by atoms with van der Waals surface area (Å²) in [5.74, 6) is 0.684. The Morgan fingerprint density at radius 3 is 2.50 bits per heavy atom. The molecule has 1 aliphatic heterocycles. The molecule has 0 radical (unpaired) electrons. The molecule has 2 amide bonds. The third kappa shape index (κ3) is 3.44. The van der Waals surface area contributed by atoms with E-state index in [4.69, 9.17) is 14.6 Å². The lowest BCUT2D eigenvalue weighted by Gasteiger charge is -2.16. The van der Waals surface area contributed by atoms with Crippen molar-refractivity contribution in [1.29, 1.82) is 0 Å². The van der Waals surface area contributed by atoms with Crippen LogP contribution in [0, 0.1) is 0 Å². The Kier molecular flexibility index (Phi) is 5.12. The third-order valence-corrected chi connectivity index (χ3v) is 4.17. The smallest absolute Gasteiger partial charge is 0.407 e. The van der Waals surface area contributed by atoms with Gasteiger partial charge in [-0.2, -0.15) is 0 Å². The molecule has 1 heterocycles. The summed E-state index contributed by atoms with van der Waals surface area (Å²) in [6, 6.07) is 3.05. The van der Waals surface area contributed by atoms with Gasteiger partial charge in [-0.1, -0.05) is 0 Å². The highest BCUT2D eigenvalue weighted by Gasteiger charge is 2.28. The van der Waals surface area contributed by atoms with Crippen molar-refractivity contribution in [2.45, 2.75) is 12.5 Å². The summed E-state index contributed by atoms with van der Waals surface area (Å²) in [6.07, 6.45) is -0.368. The number of amides is 2. The number of nitrogens with zero attached hydrogens (tertiary/aromatic N) is 1. The van der Waals surface area contributed by atoms with Gasteiger partial charge in [0.2, 0.25) is 0 Å². The average molecular weight is 373 g/mol. The minimum atomic E-state index is -0.968. The standard InChI is InChI=1S/C14H17BrN2O5/c1-21-11-5-9(10(15)6-12(11)22-2)13(18)16-8-3-4-17(7-8)14(19)20/h5-6,8H,3-4,7H2,1-2H3,(H,16,18)(H,19,20). The van der Waals surface area contributed by atoms with Gasteiger partial charge >= 0.3 is 6.09 Å². The number of carbonyl (C=O) groups excluding carboxylic acids is 1. The molecule has 1 fully saturated rings. The van der Waals surface area contributed by atoms with E-state index in [-0.39, 0.29) is 11.9 Å². The molecule has 1 unspecified atom stereocenters. The number of methoxy groups -OCH3 is 2. The van der Waals surface area contributed by atoms with Crippen molar-refractivity contribution in [2.75, 3.05) is 27.3 Å². The SMILES string of the molecule is COc1cc(Br)c(C(=O)NC2CCN(C(=O)O)C2)cc1OC. The number of likely N-dealkylation sites (tertiary alicyclic amines) is 1. The van der Waals surface area contributed by atoms with Gasteiger partial charge in [0.25, 0.3) is 5.91 Å². The molecular weight excluding hydrogens is 356 g/mol. The molecule has 0 aliphatic carbocycles. The van der Waals surface area contributed by atoms with Gasteiger partial charge in [0.15, 0.2) is 11.5 Å². The second-order valence-corrected chi connectivity index (χ2v) is 5.73. The van der Waals surface area contributed by atoms with Crippen molar-refractivity contribution in [3.63, 3.8) is 0 Å². The van der Waals surface area contributed by atoms with Gasteiger partial charge in [0.1, 0.15) is 0 Å². The molecule has 2 N–H and O–H groups in total. The molecule has 2 rings (SSSR count). The molecule has 120 valence electrons. The van der Waals surface area contributed by atoms with Gasteiger partial charge < -0.3 is 24.8 Å². The first kappa shape index (κ1) is 16.4. The molecule has 0 saturated carbocycles. The zero-order valence-electron chi connectivity index (χ0n) is 12.3. The van der Waals surface area contributed by atoms with Gasteiger partial charge in [-0.25, -0.2) is 4.79 Å². The zero-order valence-corrected chi connectivity index (χ0v) is 13.8. The van der Waals surface area contributed by atoms with E-state index in [0.29, 0.717) is 41.0 Å². The second-order valence-electron chi connectivity index (χ2n) is 4.87. The average Bonchev–Trinajstić information content (AvgIpc) is 2.95. The number of rotatable bonds is 4. The molecule has 0 spiro atoms. The molecule has 1 saturated heterocycles. The summed E-state index contributed by atoms with van der Waals surface area (Å²) >= 11 is 3.34. The number of carboxylic acid groups (broad SMARTS) is 1. The Bertz CT molecular complexity index is 593. The second kappa shape index (κ2) is 6.87. The van der Waals surface area contributed by atoms with Gasteiger partial charge in [0.05, 0.1) is 19.8 Å². The van der Waals surface area contributed by atoms with Crippen molar-refractivity contribution in [2.24, 2.45) is 0 Å². The van der Waals surface area contributed by atoms with Crippen LogP contribution in [0.3, 0.4) is 0 Å². The van der Waals surface area contributed by atoms with E-state index in [9.17, 15) is 9.59 Å². The Labute approximate surface area is 136 Å². The van der Waals surface area contributed by atoms with E-state index in [1.807, 2.05) is 0 Å². The van der Waals surface area contributed by atoms with Gasteiger partial charge in [-0.15, -0.1) is 0 Å². The van der Waals surface area contributed by atoms with Crippen LogP contribution in [0.4, 0.5) is 4.79 Å². The van der Waals surface area contributed by atoms with Gasteiger partial charge in [0, 0.05) is 23.6 Å². The Hall–Kier alpha value is -1.96. The fraction of sp³-hybridized carbons (Fsp3) is 0.429. The summed E-state index contributed by atoms with van der Waals surface area (Å²) in [5.41, 5.74) is 0.409. The van der Waals surface area contributed by atoms with Crippen molar-refractivity contribution in [3.05, 3.63) is 22.2 Å². The molecule has 1 atom stereocenters. The fourth-order valence-electron chi connectivity index (χ4n) is 2.34. The van der Waals surface area contributed by atoms with E-state index < -0.39 is 6.09 Å². The molecule has 0 bridgehead atoms. The topological polar surface area (TPSA) is 88.1 Å². The first-order valence-electron chi connectivity index (χ1n) is 6.66. The number of hydrogen-bond donors (Lipinski definition) is 2. The monoisotopic (exact) mass is 372 g/mol. The summed E-state index contributed by atoms with van der Waals surface area (Å²) < 4.78 is 10.9. The predicted molar refractivity (Wildman–Crippen MR) is 82.7 cm³/mol. The van der Waals surface area contributed by atoms with Crippen LogP contribution in [-0.2, 0) is 0 Å². The molecule has 1 aromatic rings. The molecule has 7 nitrogen and oxygen atoms in total. The lowest BCUT2D eigenvalue weighted by Crippen LogP contribution is -2.38. The summed E-state index contributed by atoms with van der Waals surface area (Å²) in [6.45, 7) is 0.722. The quantitative estimate of drug-likeness (QED) is 0.843. The number of hydrogen-bond acceptors (Lipinski definition) is 4. The van der Waals surface area contributed by atoms with Gasteiger partial charge in [-0.05, 0) is 34.5 Å². The van der Waals surface area contributed by atoms with Crippen molar-refractivity contribution < 1.29 is 24.2 Å². The van der Waals surface area contributed by atoms with Crippen LogP contribution in [0.2, 0.25) is 0 Å². The predicted octanol–water partition coefficient (Wildman–Crippen LogP) is 1.95. The molecular formula is C14H17BrN2O5. The third-order valence-electron chi connectivity index (χ3n) is 3.51. The maximum Gasteiger partial charge on any atom is 0.407 e. The van der Waals surface area contributed by atoms with Crippen LogP contribution in [0.15, 0.2) is 16.6 Å². The lowest BCUT2D eigenvalue weighted by atomic mass is 10.1. The van der Waals surface area contributed by atoms with E-state index in [1.165, 1.54) is 19.1 Å². The maximum absolute atomic E-state index is 12.4. The zero-order chi connectivity index (χ0) is 16.3. The Balaban J connectivity index is 2.11. The van der Waals surface area contributed by atoms with E-state index >= 15 is 0 Å². The molecule has 0 aromatic heterocycles. The lowest BCUT2D eigenvalue weighted by molar-refractivity contribution is 0.0934. The summed E-state index contributed by atoms with van der Waals surface area (Å²) in [7, 11) is 3.01. The minimum absolute atomic E-state index is 0.191. The van der Waals surface area contributed by atoms with E-state index in [2.05, 4.69) is 21.2 Å². The molecule has 1 aromatic carbocycles. The van der Waals surface area contributed by atoms with E-state index in [0.717, 1.165) is 0 Å². The van der Waals surface area contributed by atoms with Crippen molar-refractivity contribution >= 4 is 27.9 Å². The number of benzene rings is 1. The highest BCUT2D eigenvalue weighted by Crippen LogP contribution is 2.33. The van der Waals surface area contributed by atoms with Crippen LogP contribution in [-0.4, -0.2) is 55.4 Å².